The van der Waals surface area contributed by atoms with Crippen molar-refractivity contribution in [3.8, 4) is 0 Å². The van der Waals surface area contributed by atoms with Gasteiger partial charge in [0.1, 0.15) is 5.83 Å². The third kappa shape index (κ3) is 1.31. The minimum Gasteiger partial charge on any atom is -0.211 e. The average Bonchev–Trinajstić information content (AvgIpc) is 1.93. The molecule has 1 atom stereocenters. The number of halogens is 2. The Morgan fingerprint density at radius 2 is 2.30 bits per heavy atom. The van der Waals surface area contributed by atoms with Crippen molar-refractivity contribution >= 4 is 15.9 Å². The van der Waals surface area contributed by atoms with Gasteiger partial charge in [-0.2, -0.15) is 0 Å². The second-order valence-corrected chi connectivity index (χ2v) is 3.52. The molecule has 0 fully saturated rings. The molecule has 1 unspecified atom stereocenters. The predicted octanol–water partition coefficient (Wildman–Crippen LogP) is 3.55. The van der Waals surface area contributed by atoms with Crippen LogP contribution in [0.15, 0.2) is 22.0 Å². The van der Waals surface area contributed by atoms with E-state index in [4.69, 9.17) is 0 Å². The third-order valence-electron chi connectivity index (χ3n) is 1.80. The van der Waals surface area contributed by atoms with Gasteiger partial charge in [0.2, 0.25) is 0 Å². The van der Waals surface area contributed by atoms with Gasteiger partial charge in [0.05, 0.1) is 0 Å². The minimum atomic E-state index is 0.0226. The van der Waals surface area contributed by atoms with Crippen LogP contribution < -0.4 is 0 Å². The highest BCUT2D eigenvalue weighted by atomic mass is 79.9. The van der Waals surface area contributed by atoms with E-state index in [1.807, 2.05) is 13.0 Å². The summed E-state index contributed by atoms with van der Waals surface area (Å²) >= 11 is 3.28. The lowest BCUT2D eigenvalue weighted by Crippen LogP contribution is -2.01. The molecule has 0 spiro atoms. The summed E-state index contributed by atoms with van der Waals surface area (Å²) in [6.45, 7) is 3.69. The van der Waals surface area contributed by atoms with Crippen molar-refractivity contribution in [3.05, 3.63) is 22.0 Å². The van der Waals surface area contributed by atoms with Gasteiger partial charge in [0.25, 0.3) is 0 Å². The largest absolute Gasteiger partial charge is 0.211 e. The summed E-state index contributed by atoms with van der Waals surface area (Å²) < 4.78 is 13.9. The van der Waals surface area contributed by atoms with Crippen molar-refractivity contribution in [1.29, 1.82) is 0 Å². The molecule has 0 amide bonds. The van der Waals surface area contributed by atoms with E-state index >= 15 is 0 Å². The zero-order valence-electron chi connectivity index (χ0n) is 6.12. The Labute approximate surface area is 68.9 Å². The zero-order valence-corrected chi connectivity index (χ0v) is 7.70. The molecule has 0 aromatic rings. The molecule has 0 saturated heterocycles. The molecule has 0 bridgehead atoms. The van der Waals surface area contributed by atoms with E-state index in [0.29, 0.717) is 0 Å². The zero-order chi connectivity index (χ0) is 7.72. The van der Waals surface area contributed by atoms with Gasteiger partial charge in [-0.25, -0.2) is 4.39 Å². The molecule has 0 heterocycles. The molecule has 0 aromatic heterocycles. The minimum absolute atomic E-state index is 0.0226. The van der Waals surface area contributed by atoms with Gasteiger partial charge < -0.3 is 0 Å². The van der Waals surface area contributed by atoms with E-state index in [0.717, 1.165) is 16.5 Å². The fourth-order valence-electron chi connectivity index (χ4n) is 1.02. The first kappa shape index (κ1) is 7.99. The van der Waals surface area contributed by atoms with E-state index < -0.39 is 0 Å². The summed E-state index contributed by atoms with van der Waals surface area (Å²) in [5.41, 5.74) is 0.749. The van der Waals surface area contributed by atoms with Crippen LogP contribution in [0.4, 0.5) is 4.39 Å². The fraction of sp³-hybridized carbons (Fsp3) is 0.500. The summed E-state index contributed by atoms with van der Waals surface area (Å²) in [4.78, 5) is 0. The summed E-state index contributed by atoms with van der Waals surface area (Å²) in [5, 5.41) is 0. The Hall–Kier alpha value is -0.110. The van der Waals surface area contributed by atoms with Crippen LogP contribution in [0.25, 0.3) is 0 Å². The molecule has 2 heteroatoms. The lowest BCUT2D eigenvalue weighted by molar-refractivity contribution is 0.482. The van der Waals surface area contributed by atoms with Crippen molar-refractivity contribution in [2.45, 2.75) is 20.3 Å². The number of hydrogen-bond donors (Lipinski definition) is 0. The van der Waals surface area contributed by atoms with E-state index in [9.17, 15) is 4.39 Å². The van der Waals surface area contributed by atoms with Crippen molar-refractivity contribution in [2.24, 2.45) is 5.92 Å². The van der Waals surface area contributed by atoms with Gasteiger partial charge >= 0.3 is 0 Å². The second-order valence-electron chi connectivity index (χ2n) is 2.66. The van der Waals surface area contributed by atoms with Crippen LogP contribution in [-0.2, 0) is 0 Å². The molecule has 1 rings (SSSR count). The highest BCUT2D eigenvalue weighted by Gasteiger charge is 2.16. The Balaban J connectivity index is 2.94. The summed E-state index contributed by atoms with van der Waals surface area (Å²) in [6, 6.07) is 0. The van der Waals surface area contributed by atoms with Gasteiger partial charge in [0, 0.05) is 10.4 Å². The van der Waals surface area contributed by atoms with Crippen LogP contribution in [0.1, 0.15) is 20.3 Å². The van der Waals surface area contributed by atoms with Crippen LogP contribution in [0.5, 0.6) is 0 Å². The maximum Gasteiger partial charge on any atom is 0.107 e. The van der Waals surface area contributed by atoms with Gasteiger partial charge in [0.15, 0.2) is 0 Å². The summed E-state index contributed by atoms with van der Waals surface area (Å²) in [7, 11) is 0. The predicted molar refractivity (Wildman–Crippen MR) is 44.6 cm³/mol. The smallest absolute Gasteiger partial charge is 0.107 e. The van der Waals surface area contributed by atoms with Gasteiger partial charge in [-0.15, -0.1) is 0 Å². The lowest BCUT2D eigenvalue weighted by atomic mass is 9.97. The standard InChI is InChI=1S/C8H10BrF/c1-5-3-4-7(9)6(2)8(5)10/h4-5H,3H2,1-2H3. The molecule has 0 aliphatic heterocycles. The van der Waals surface area contributed by atoms with Crippen LogP contribution in [0.2, 0.25) is 0 Å². The van der Waals surface area contributed by atoms with Crippen LogP contribution in [-0.4, -0.2) is 0 Å². The van der Waals surface area contributed by atoms with E-state index in [1.54, 1.807) is 6.92 Å². The molecule has 0 radical (unpaired) electrons. The Morgan fingerprint density at radius 1 is 1.70 bits per heavy atom. The first-order chi connectivity index (χ1) is 4.63. The number of allylic oxidation sites excluding steroid dienone is 4. The molecule has 0 nitrogen and oxygen atoms in total. The number of hydrogen-bond acceptors (Lipinski definition) is 0. The highest BCUT2D eigenvalue weighted by molar-refractivity contribution is 9.12. The van der Waals surface area contributed by atoms with Gasteiger partial charge in [-0.05, 0) is 18.9 Å². The maximum absolute atomic E-state index is 13.0. The topological polar surface area (TPSA) is 0 Å². The van der Waals surface area contributed by atoms with E-state index in [-0.39, 0.29) is 11.7 Å². The van der Waals surface area contributed by atoms with Crippen LogP contribution in [0, 0.1) is 5.92 Å². The molecular formula is C8H10BrF. The van der Waals surface area contributed by atoms with Gasteiger partial charge in [-0.3, -0.25) is 0 Å². The molecule has 0 N–H and O–H groups in total. The molecule has 0 aromatic carbocycles. The fourth-order valence-corrected chi connectivity index (χ4v) is 1.40. The molecule has 56 valence electrons. The van der Waals surface area contributed by atoms with Crippen molar-refractivity contribution in [3.63, 3.8) is 0 Å². The Morgan fingerprint density at radius 3 is 2.80 bits per heavy atom. The Kier molecular flexibility index (Phi) is 2.29. The van der Waals surface area contributed by atoms with Crippen LogP contribution in [0.3, 0.4) is 0 Å². The maximum atomic E-state index is 13.0. The molecule has 10 heavy (non-hydrogen) atoms. The highest BCUT2D eigenvalue weighted by Crippen LogP contribution is 2.32. The third-order valence-corrected chi connectivity index (χ3v) is 2.72. The molecular weight excluding hydrogens is 195 g/mol. The average molecular weight is 205 g/mol. The normalized spacial score (nSPS) is 26.8. The van der Waals surface area contributed by atoms with Gasteiger partial charge in [-0.1, -0.05) is 28.9 Å². The van der Waals surface area contributed by atoms with E-state index in [1.165, 1.54) is 0 Å². The first-order valence-corrected chi connectivity index (χ1v) is 4.14. The first-order valence-electron chi connectivity index (χ1n) is 3.35. The lowest BCUT2D eigenvalue weighted by Gasteiger charge is -2.15. The summed E-state index contributed by atoms with van der Waals surface area (Å²) in [5.74, 6) is 0.0932. The Bertz CT molecular complexity index is 203. The summed E-state index contributed by atoms with van der Waals surface area (Å²) in [6.07, 6.45) is 2.83. The molecule has 0 saturated carbocycles. The quantitative estimate of drug-likeness (QED) is 0.567. The molecule has 1 aliphatic rings. The van der Waals surface area contributed by atoms with Crippen LogP contribution >= 0.6 is 15.9 Å². The number of rotatable bonds is 0. The van der Waals surface area contributed by atoms with Crippen molar-refractivity contribution < 1.29 is 4.39 Å². The monoisotopic (exact) mass is 204 g/mol. The SMILES string of the molecule is CC1=C(F)C(C)CC=C1Br. The van der Waals surface area contributed by atoms with E-state index in [2.05, 4.69) is 15.9 Å². The van der Waals surface area contributed by atoms with Crippen molar-refractivity contribution in [1.82, 2.24) is 0 Å². The second kappa shape index (κ2) is 2.87. The van der Waals surface area contributed by atoms with Crippen molar-refractivity contribution in [2.75, 3.05) is 0 Å². The molecule has 1 aliphatic carbocycles.